The van der Waals surface area contributed by atoms with Crippen molar-refractivity contribution in [3.8, 4) is 5.75 Å². The molecule has 0 bridgehead atoms. The van der Waals surface area contributed by atoms with Crippen molar-refractivity contribution in [1.82, 2.24) is 9.80 Å². The number of likely N-dealkylation sites (tertiary alicyclic amines) is 2. The molecular formula is C22H32N2O2. The number of ether oxygens (including phenoxy) is 1. The Morgan fingerprint density at radius 2 is 1.77 bits per heavy atom. The van der Waals surface area contributed by atoms with Gasteiger partial charge in [0.2, 0.25) is 5.91 Å². The highest BCUT2D eigenvalue weighted by atomic mass is 16.5. The van der Waals surface area contributed by atoms with Crippen LogP contribution in [0.15, 0.2) is 30.3 Å². The van der Waals surface area contributed by atoms with Crippen molar-refractivity contribution in [3.63, 3.8) is 0 Å². The molecule has 3 fully saturated rings. The molecule has 4 heteroatoms. The van der Waals surface area contributed by atoms with Gasteiger partial charge >= 0.3 is 0 Å². The van der Waals surface area contributed by atoms with E-state index in [0.29, 0.717) is 23.8 Å². The van der Waals surface area contributed by atoms with Gasteiger partial charge in [0.1, 0.15) is 12.4 Å². The van der Waals surface area contributed by atoms with Gasteiger partial charge in [-0.1, -0.05) is 37.5 Å². The van der Waals surface area contributed by atoms with E-state index in [2.05, 4.69) is 9.80 Å². The molecule has 1 aliphatic carbocycles. The normalized spacial score (nSPS) is 27.3. The smallest absolute Gasteiger partial charge is 0.225 e. The first-order valence-corrected chi connectivity index (χ1v) is 10.5. The van der Waals surface area contributed by atoms with Crippen molar-refractivity contribution in [2.75, 3.05) is 32.8 Å². The van der Waals surface area contributed by atoms with Gasteiger partial charge in [-0.2, -0.15) is 0 Å². The molecule has 1 aromatic carbocycles. The Morgan fingerprint density at radius 3 is 2.58 bits per heavy atom. The fraction of sp³-hybridized carbons (Fsp3) is 0.682. The fourth-order valence-electron chi connectivity index (χ4n) is 5.12. The summed E-state index contributed by atoms with van der Waals surface area (Å²) in [7, 11) is 0. The minimum Gasteiger partial charge on any atom is -0.492 e. The molecule has 26 heavy (non-hydrogen) atoms. The summed E-state index contributed by atoms with van der Waals surface area (Å²) >= 11 is 0. The van der Waals surface area contributed by atoms with Crippen molar-refractivity contribution < 1.29 is 9.53 Å². The number of amides is 1. The van der Waals surface area contributed by atoms with Crippen molar-refractivity contribution in [2.24, 2.45) is 11.8 Å². The summed E-state index contributed by atoms with van der Waals surface area (Å²) < 4.78 is 5.93. The van der Waals surface area contributed by atoms with E-state index in [9.17, 15) is 4.79 Å². The van der Waals surface area contributed by atoms with Crippen LogP contribution >= 0.6 is 0 Å². The summed E-state index contributed by atoms with van der Waals surface area (Å²) in [5.74, 6) is 2.35. The Labute approximate surface area is 157 Å². The third kappa shape index (κ3) is 4.06. The van der Waals surface area contributed by atoms with Crippen LogP contribution in [-0.2, 0) is 4.79 Å². The lowest BCUT2D eigenvalue weighted by Crippen LogP contribution is -2.43. The maximum Gasteiger partial charge on any atom is 0.225 e. The molecule has 2 saturated heterocycles. The van der Waals surface area contributed by atoms with Crippen molar-refractivity contribution in [1.29, 1.82) is 0 Å². The van der Waals surface area contributed by atoms with E-state index in [0.717, 1.165) is 51.4 Å². The lowest BCUT2D eigenvalue weighted by atomic mass is 9.98. The van der Waals surface area contributed by atoms with E-state index in [-0.39, 0.29) is 0 Å². The molecule has 1 aromatic rings. The van der Waals surface area contributed by atoms with Gasteiger partial charge in [-0.3, -0.25) is 9.69 Å². The number of carbonyl (C=O) groups is 1. The Hall–Kier alpha value is -1.55. The lowest BCUT2D eigenvalue weighted by Gasteiger charge is -2.30. The highest BCUT2D eigenvalue weighted by Gasteiger charge is 2.41. The summed E-state index contributed by atoms with van der Waals surface area (Å²) in [4.78, 5) is 17.7. The van der Waals surface area contributed by atoms with E-state index >= 15 is 0 Å². The summed E-state index contributed by atoms with van der Waals surface area (Å²) in [5.41, 5.74) is 0. The largest absolute Gasteiger partial charge is 0.492 e. The van der Waals surface area contributed by atoms with Gasteiger partial charge in [0, 0.05) is 31.6 Å². The molecule has 0 radical (unpaired) electrons. The molecule has 2 heterocycles. The number of hydrogen-bond acceptors (Lipinski definition) is 3. The second-order valence-corrected chi connectivity index (χ2v) is 8.25. The van der Waals surface area contributed by atoms with Gasteiger partial charge in [-0.15, -0.1) is 0 Å². The van der Waals surface area contributed by atoms with Gasteiger partial charge in [0.15, 0.2) is 0 Å². The topological polar surface area (TPSA) is 32.8 Å². The molecule has 3 aliphatic rings. The van der Waals surface area contributed by atoms with Gasteiger partial charge in [-0.25, -0.2) is 0 Å². The van der Waals surface area contributed by atoms with E-state index in [4.69, 9.17) is 4.74 Å². The molecule has 1 saturated carbocycles. The highest BCUT2D eigenvalue weighted by Crippen LogP contribution is 2.33. The average molecular weight is 357 g/mol. The number of benzene rings is 1. The number of fused-ring (bicyclic) bond motifs is 1. The summed E-state index contributed by atoms with van der Waals surface area (Å²) in [5, 5.41) is 0. The van der Waals surface area contributed by atoms with Crippen LogP contribution in [0.1, 0.15) is 44.9 Å². The maximum atomic E-state index is 12.9. The second kappa shape index (κ2) is 8.43. The molecule has 0 aromatic heterocycles. The second-order valence-electron chi connectivity index (χ2n) is 8.25. The molecular weight excluding hydrogens is 324 g/mol. The van der Waals surface area contributed by atoms with Crippen LogP contribution in [0.5, 0.6) is 5.75 Å². The van der Waals surface area contributed by atoms with Crippen LogP contribution < -0.4 is 4.74 Å². The van der Waals surface area contributed by atoms with Gasteiger partial charge in [-0.05, 0) is 50.3 Å². The molecule has 2 atom stereocenters. The van der Waals surface area contributed by atoms with E-state index in [1.807, 2.05) is 30.3 Å². The summed E-state index contributed by atoms with van der Waals surface area (Å²) in [6, 6.07) is 10.6. The molecule has 0 unspecified atom stereocenters. The monoisotopic (exact) mass is 356 g/mol. The standard InChI is InChI=1S/C22H32N2O2/c25-22(18-8-4-5-9-18)24-16-19-10-6-7-13-23(21(19)17-24)14-15-26-20-11-2-1-3-12-20/h1-3,11-12,18-19,21H,4-10,13-17H2/t19-,21+/m0/s1. The quantitative estimate of drug-likeness (QED) is 0.809. The van der Waals surface area contributed by atoms with Gasteiger partial charge in [0.05, 0.1) is 0 Å². The Bertz CT molecular complexity index is 585. The molecule has 0 N–H and O–H groups in total. The van der Waals surface area contributed by atoms with Crippen LogP contribution in [0, 0.1) is 11.8 Å². The number of rotatable bonds is 5. The average Bonchev–Trinajstić information content (AvgIpc) is 3.31. The predicted octanol–water partition coefficient (Wildman–Crippen LogP) is 3.57. The van der Waals surface area contributed by atoms with Crippen LogP contribution in [0.3, 0.4) is 0 Å². The molecule has 1 amide bonds. The first-order valence-electron chi connectivity index (χ1n) is 10.5. The van der Waals surface area contributed by atoms with Gasteiger partial charge < -0.3 is 9.64 Å². The molecule has 0 spiro atoms. The fourth-order valence-corrected chi connectivity index (χ4v) is 5.12. The van der Waals surface area contributed by atoms with E-state index in [1.54, 1.807) is 0 Å². The van der Waals surface area contributed by atoms with Crippen LogP contribution in [0.2, 0.25) is 0 Å². The molecule has 2 aliphatic heterocycles. The van der Waals surface area contributed by atoms with Gasteiger partial charge in [0.25, 0.3) is 0 Å². The zero-order valence-electron chi connectivity index (χ0n) is 15.8. The number of para-hydroxylation sites is 1. The lowest BCUT2D eigenvalue weighted by molar-refractivity contribution is -0.134. The minimum absolute atomic E-state index is 0.312. The number of carbonyl (C=O) groups excluding carboxylic acids is 1. The summed E-state index contributed by atoms with van der Waals surface area (Å²) in [6.45, 7) is 4.75. The highest BCUT2D eigenvalue weighted by molar-refractivity contribution is 5.79. The first-order chi connectivity index (χ1) is 12.8. The zero-order chi connectivity index (χ0) is 17.8. The maximum absolute atomic E-state index is 12.9. The number of nitrogens with zero attached hydrogens (tertiary/aromatic N) is 2. The Balaban J connectivity index is 1.34. The third-order valence-electron chi connectivity index (χ3n) is 6.55. The van der Waals surface area contributed by atoms with Crippen molar-refractivity contribution in [3.05, 3.63) is 30.3 Å². The number of hydrogen-bond donors (Lipinski definition) is 0. The van der Waals surface area contributed by atoms with Crippen LogP contribution in [-0.4, -0.2) is 54.5 Å². The van der Waals surface area contributed by atoms with Crippen molar-refractivity contribution in [2.45, 2.75) is 51.0 Å². The Morgan fingerprint density at radius 1 is 1.00 bits per heavy atom. The predicted molar refractivity (Wildman–Crippen MR) is 103 cm³/mol. The molecule has 142 valence electrons. The molecule has 4 rings (SSSR count). The third-order valence-corrected chi connectivity index (χ3v) is 6.55. The van der Waals surface area contributed by atoms with Crippen molar-refractivity contribution >= 4 is 5.91 Å². The van der Waals surface area contributed by atoms with E-state index in [1.165, 1.54) is 32.1 Å². The SMILES string of the molecule is O=C(C1CCCC1)N1C[C@@H]2CCCCN(CCOc3ccccc3)[C@@H]2C1. The zero-order valence-corrected chi connectivity index (χ0v) is 15.8. The Kier molecular flexibility index (Phi) is 5.78. The first kappa shape index (κ1) is 17.8. The van der Waals surface area contributed by atoms with E-state index < -0.39 is 0 Å². The van der Waals surface area contributed by atoms with Crippen LogP contribution in [0.25, 0.3) is 0 Å². The summed E-state index contributed by atoms with van der Waals surface area (Å²) in [6.07, 6.45) is 8.53. The minimum atomic E-state index is 0.312. The van der Waals surface area contributed by atoms with Crippen LogP contribution in [0.4, 0.5) is 0 Å². The molecule has 4 nitrogen and oxygen atoms in total.